The Morgan fingerprint density at radius 3 is 2.00 bits per heavy atom. The van der Waals surface area contributed by atoms with Gasteiger partial charge in [-0.25, -0.2) is 0 Å². The molecule has 0 aromatic carbocycles. The van der Waals surface area contributed by atoms with E-state index in [1.165, 1.54) is 0 Å². The minimum Gasteiger partial charge on any atom is -0.500 e. The summed E-state index contributed by atoms with van der Waals surface area (Å²) in [6.07, 6.45) is 1.95. The van der Waals surface area contributed by atoms with Crippen molar-refractivity contribution in [3.05, 3.63) is 11.8 Å². The predicted octanol–water partition coefficient (Wildman–Crippen LogP) is 2.71. The Bertz CT molecular complexity index is 111. The van der Waals surface area contributed by atoms with Crippen molar-refractivity contribution < 1.29 is 4.74 Å². The Kier molecular flexibility index (Phi) is 3.26. The summed E-state index contributed by atoms with van der Waals surface area (Å²) >= 11 is 3.47. The van der Waals surface area contributed by atoms with Crippen LogP contribution in [0.5, 0.6) is 0 Å². The second-order valence-corrected chi connectivity index (χ2v) is 4.31. The third-order valence-electron chi connectivity index (χ3n) is 1.07. The molecule has 0 fully saturated rings. The van der Waals surface area contributed by atoms with Gasteiger partial charge in [-0.3, -0.25) is 0 Å². The predicted molar refractivity (Wildman–Crippen MR) is 43.8 cm³/mol. The van der Waals surface area contributed by atoms with E-state index >= 15 is 0 Å². The molecule has 0 spiro atoms. The lowest BCUT2D eigenvalue weighted by Crippen LogP contribution is -2.14. The number of methoxy groups -OCH3 is 1. The Morgan fingerprint density at radius 1 is 1.56 bits per heavy atom. The van der Waals surface area contributed by atoms with Crippen molar-refractivity contribution in [3.8, 4) is 0 Å². The molecule has 0 rings (SSSR count). The Hall–Kier alpha value is 0.0200. The topological polar surface area (TPSA) is 9.23 Å². The number of hydrogen-bond donors (Lipinski definition) is 0. The highest BCUT2D eigenvalue weighted by atomic mass is 79.9. The van der Waals surface area contributed by atoms with Gasteiger partial charge in [0.15, 0.2) is 0 Å². The van der Waals surface area contributed by atoms with Crippen LogP contribution in [0.2, 0.25) is 0 Å². The summed E-state index contributed by atoms with van der Waals surface area (Å²) in [6, 6.07) is 0. The number of ether oxygens (including phenoxy) is 1. The van der Waals surface area contributed by atoms with E-state index in [2.05, 4.69) is 15.9 Å². The summed E-state index contributed by atoms with van der Waals surface area (Å²) in [4.78, 5) is 0. The Balaban J connectivity index is 4.14. The number of rotatable bonds is 2. The van der Waals surface area contributed by atoms with Crippen LogP contribution in [0.15, 0.2) is 11.8 Å². The Morgan fingerprint density at radius 2 is 2.00 bits per heavy atom. The smallest absolute Gasteiger partial charge is 0.107 e. The zero-order chi connectivity index (χ0) is 7.49. The molecule has 1 nitrogen and oxygen atoms in total. The largest absolute Gasteiger partial charge is 0.500 e. The molecule has 0 saturated carbocycles. The molecule has 0 atom stereocenters. The molecular weight excluding hydrogens is 180 g/mol. The fourth-order valence-corrected chi connectivity index (χ4v) is 1.09. The van der Waals surface area contributed by atoms with Crippen molar-refractivity contribution in [1.29, 1.82) is 0 Å². The zero-order valence-corrected chi connectivity index (χ0v) is 7.95. The maximum absolute atomic E-state index is 5.08. The molecule has 2 heteroatoms. The van der Waals surface area contributed by atoms with Gasteiger partial charge in [0.2, 0.25) is 0 Å². The molecular formula is C7H13BrO. The second-order valence-electron chi connectivity index (χ2n) is 2.33. The first-order valence-electron chi connectivity index (χ1n) is 2.92. The van der Waals surface area contributed by atoms with Crippen molar-refractivity contribution >= 4 is 15.9 Å². The summed E-state index contributed by atoms with van der Waals surface area (Å²) in [6.45, 7) is 6.06. The van der Waals surface area contributed by atoms with Gasteiger partial charge in [-0.05, 0) is 26.8 Å². The molecule has 0 aromatic rings. The molecule has 0 aliphatic heterocycles. The van der Waals surface area contributed by atoms with Crippen LogP contribution in [-0.4, -0.2) is 11.4 Å². The molecule has 0 bridgehead atoms. The first kappa shape index (κ1) is 9.02. The molecule has 54 valence electrons. The molecule has 0 unspecified atom stereocenters. The molecule has 0 aliphatic rings. The fourth-order valence-electron chi connectivity index (χ4n) is 0.704. The van der Waals surface area contributed by atoms with Gasteiger partial charge >= 0.3 is 0 Å². The summed E-state index contributed by atoms with van der Waals surface area (Å²) in [5.41, 5.74) is 0. The molecule has 0 aliphatic carbocycles. The molecule has 0 heterocycles. The van der Waals surface area contributed by atoms with E-state index in [1.807, 2.05) is 26.8 Å². The van der Waals surface area contributed by atoms with E-state index in [1.54, 1.807) is 7.11 Å². The number of halogens is 1. The van der Waals surface area contributed by atoms with Gasteiger partial charge in [-0.15, -0.1) is 0 Å². The summed E-state index contributed by atoms with van der Waals surface area (Å²) in [5.74, 6) is 0.961. The van der Waals surface area contributed by atoms with E-state index < -0.39 is 0 Å². The minimum absolute atomic E-state index is 0.0312. The average Bonchev–Trinajstić information content (AvgIpc) is 1.65. The molecule has 9 heavy (non-hydrogen) atoms. The van der Waals surface area contributed by atoms with Gasteiger partial charge in [-0.2, -0.15) is 0 Å². The fraction of sp³-hybridized carbons (Fsp3) is 0.714. The van der Waals surface area contributed by atoms with Crippen molar-refractivity contribution in [2.24, 2.45) is 0 Å². The molecule has 0 radical (unpaired) electrons. The zero-order valence-electron chi connectivity index (χ0n) is 6.36. The number of hydrogen-bond acceptors (Lipinski definition) is 1. The van der Waals surface area contributed by atoms with Crippen LogP contribution in [0, 0.1) is 0 Å². The van der Waals surface area contributed by atoms with Crippen LogP contribution in [-0.2, 0) is 4.74 Å². The average molecular weight is 193 g/mol. The molecule has 0 amide bonds. The third kappa shape index (κ3) is 2.89. The quantitative estimate of drug-likeness (QED) is 0.484. The third-order valence-corrected chi connectivity index (χ3v) is 1.46. The standard InChI is InChI=1S/C7H13BrO/c1-5-6(9-4)7(2,3)8/h5H,1-4H3. The SMILES string of the molecule is CC=C(OC)C(C)(C)Br. The van der Waals surface area contributed by atoms with E-state index in [-0.39, 0.29) is 4.32 Å². The molecule has 0 saturated heterocycles. The lowest BCUT2D eigenvalue weighted by Gasteiger charge is -2.18. The summed E-state index contributed by atoms with van der Waals surface area (Å²) < 4.78 is 5.05. The summed E-state index contributed by atoms with van der Waals surface area (Å²) in [7, 11) is 1.68. The van der Waals surface area contributed by atoms with Crippen LogP contribution in [0.4, 0.5) is 0 Å². The van der Waals surface area contributed by atoms with Gasteiger partial charge in [0.05, 0.1) is 11.4 Å². The number of allylic oxidation sites excluding steroid dienone is 2. The summed E-state index contributed by atoms with van der Waals surface area (Å²) in [5, 5.41) is 0. The van der Waals surface area contributed by atoms with Gasteiger partial charge in [-0.1, -0.05) is 15.9 Å². The van der Waals surface area contributed by atoms with E-state index in [0.29, 0.717) is 0 Å². The van der Waals surface area contributed by atoms with Gasteiger partial charge in [0.25, 0.3) is 0 Å². The normalized spacial score (nSPS) is 13.7. The Labute approximate surface area is 65.2 Å². The van der Waals surface area contributed by atoms with Crippen molar-refractivity contribution in [2.45, 2.75) is 25.1 Å². The second kappa shape index (κ2) is 3.25. The van der Waals surface area contributed by atoms with Crippen LogP contribution in [0.1, 0.15) is 20.8 Å². The van der Waals surface area contributed by atoms with Gasteiger partial charge in [0, 0.05) is 0 Å². The van der Waals surface area contributed by atoms with Gasteiger partial charge in [0.1, 0.15) is 5.76 Å². The van der Waals surface area contributed by atoms with Crippen LogP contribution in [0.3, 0.4) is 0 Å². The highest BCUT2D eigenvalue weighted by Crippen LogP contribution is 2.25. The maximum Gasteiger partial charge on any atom is 0.107 e. The van der Waals surface area contributed by atoms with Crippen molar-refractivity contribution in [2.75, 3.05) is 7.11 Å². The highest BCUT2D eigenvalue weighted by molar-refractivity contribution is 9.10. The maximum atomic E-state index is 5.08. The molecule has 0 aromatic heterocycles. The van der Waals surface area contributed by atoms with E-state index in [9.17, 15) is 0 Å². The van der Waals surface area contributed by atoms with Crippen LogP contribution < -0.4 is 0 Å². The van der Waals surface area contributed by atoms with E-state index in [0.717, 1.165) is 5.76 Å². The first-order chi connectivity index (χ1) is 4.02. The van der Waals surface area contributed by atoms with Crippen LogP contribution >= 0.6 is 15.9 Å². The molecule has 0 N–H and O–H groups in total. The first-order valence-corrected chi connectivity index (χ1v) is 3.71. The van der Waals surface area contributed by atoms with Crippen LogP contribution in [0.25, 0.3) is 0 Å². The number of alkyl halides is 1. The highest BCUT2D eigenvalue weighted by Gasteiger charge is 2.18. The lowest BCUT2D eigenvalue weighted by atomic mass is 10.2. The lowest BCUT2D eigenvalue weighted by molar-refractivity contribution is 0.264. The minimum atomic E-state index is -0.0312. The van der Waals surface area contributed by atoms with Gasteiger partial charge < -0.3 is 4.74 Å². The van der Waals surface area contributed by atoms with E-state index in [4.69, 9.17) is 4.74 Å². The van der Waals surface area contributed by atoms with Crippen molar-refractivity contribution in [3.63, 3.8) is 0 Å². The van der Waals surface area contributed by atoms with Crippen molar-refractivity contribution in [1.82, 2.24) is 0 Å². The monoisotopic (exact) mass is 192 g/mol.